The molecule has 9 aromatic carbocycles. The van der Waals surface area contributed by atoms with Crippen LogP contribution in [0.4, 0.5) is 17.1 Å². The van der Waals surface area contributed by atoms with Crippen LogP contribution in [-0.4, -0.2) is 4.57 Å². The van der Waals surface area contributed by atoms with E-state index in [1.165, 1.54) is 66.3 Å². The van der Waals surface area contributed by atoms with Gasteiger partial charge in [0.15, 0.2) is 0 Å². The summed E-state index contributed by atoms with van der Waals surface area (Å²) in [5, 5.41) is 2.52. The first-order valence-corrected chi connectivity index (χ1v) is 19.7. The molecule has 10 aromatic rings. The van der Waals surface area contributed by atoms with Gasteiger partial charge < -0.3 is 9.47 Å². The van der Waals surface area contributed by atoms with Crippen molar-refractivity contribution in [1.29, 1.82) is 0 Å². The SMILES string of the molecule is c1ccc(-c2ccccc2N(c2ccc(-n3c4ccccc4c4ccccc43)cc2)c2ccc(C3(c4ccccc4)c4ccccc4-c4ccccc43)cc2)cc1. The normalized spacial score (nSPS) is 12.7. The summed E-state index contributed by atoms with van der Waals surface area (Å²) < 4.78 is 2.38. The van der Waals surface area contributed by atoms with E-state index in [0.717, 1.165) is 22.7 Å². The molecule has 1 aliphatic rings. The minimum atomic E-state index is -0.455. The predicted molar refractivity (Wildman–Crippen MR) is 238 cm³/mol. The molecule has 1 aromatic heterocycles. The van der Waals surface area contributed by atoms with E-state index >= 15 is 0 Å². The Morgan fingerprint density at radius 2 is 0.772 bits per heavy atom. The smallest absolute Gasteiger partial charge is 0.0713 e. The summed E-state index contributed by atoms with van der Waals surface area (Å²) in [6.07, 6.45) is 0. The van der Waals surface area contributed by atoms with Crippen molar-refractivity contribution in [3.63, 3.8) is 0 Å². The number of benzene rings is 9. The van der Waals surface area contributed by atoms with Gasteiger partial charge in [0.25, 0.3) is 0 Å². The second kappa shape index (κ2) is 13.4. The Kier molecular flexibility index (Phi) is 7.75. The maximum Gasteiger partial charge on any atom is 0.0713 e. The molecule has 1 heterocycles. The van der Waals surface area contributed by atoms with E-state index in [9.17, 15) is 0 Å². The largest absolute Gasteiger partial charge is 0.310 e. The van der Waals surface area contributed by atoms with Crippen molar-refractivity contribution in [2.45, 2.75) is 5.41 Å². The van der Waals surface area contributed by atoms with Crippen LogP contribution in [0.15, 0.2) is 231 Å². The van der Waals surface area contributed by atoms with E-state index in [0.29, 0.717) is 0 Å². The minimum Gasteiger partial charge on any atom is -0.310 e. The Hall–Kier alpha value is -7.42. The maximum absolute atomic E-state index is 2.41. The molecule has 268 valence electrons. The Bertz CT molecular complexity index is 2950. The van der Waals surface area contributed by atoms with Gasteiger partial charge in [-0.3, -0.25) is 0 Å². The van der Waals surface area contributed by atoms with Crippen molar-refractivity contribution in [3.05, 3.63) is 253 Å². The average molecular weight is 727 g/mol. The molecule has 0 atom stereocenters. The number of fused-ring (bicyclic) bond motifs is 6. The summed E-state index contributed by atoms with van der Waals surface area (Å²) in [6, 6.07) is 84.1. The van der Waals surface area contributed by atoms with E-state index in [1.807, 2.05) is 0 Å². The summed E-state index contributed by atoms with van der Waals surface area (Å²) in [7, 11) is 0. The van der Waals surface area contributed by atoms with Crippen molar-refractivity contribution >= 4 is 38.9 Å². The van der Waals surface area contributed by atoms with Crippen LogP contribution in [0, 0.1) is 0 Å². The Balaban J connectivity index is 1.09. The molecule has 0 bridgehead atoms. The van der Waals surface area contributed by atoms with Crippen LogP contribution in [0.2, 0.25) is 0 Å². The van der Waals surface area contributed by atoms with Gasteiger partial charge in [-0.2, -0.15) is 0 Å². The highest BCUT2D eigenvalue weighted by molar-refractivity contribution is 6.09. The fourth-order valence-corrected chi connectivity index (χ4v) is 9.48. The summed E-state index contributed by atoms with van der Waals surface area (Å²) in [5.74, 6) is 0. The molecule has 2 nitrogen and oxygen atoms in total. The van der Waals surface area contributed by atoms with Gasteiger partial charge >= 0.3 is 0 Å². The number of para-hydroxylation sites is 3. The summed E-state index contributed by atoms with van der Waals surface area (Å²) in [6.45, 7) is 0. The highest BCUT2D eigenvalue weighted by atomic mass is 15.1. The average Bonchev–Trinajstić information content (AvgIpc) is 3.79. The van der Waals surface area contributed by atoms with Crippen LogP contribution in [0.5, 0.6) is 0 Å². The zero-order chi connectivity index (χ0) is 37.8. The number of hydrogen-bond donors (Lipinski definition) is 0. The van der Waals surface area contributed by atoms with Gasteiger partial charge in [0, 0.05) is 33.4 Å². The minimum absolute atomic E-state index is 0.455. The first-order valence-electron chi connectivity index (χ1n) is 19.7. The maximum atomic E-state index is 2.41. The lowest BCUT2D eigenvalue weighted by molar-refractivity contribution is 0.768. The Morgan fingerprint density at radius 3 is 1.37 bits per heavy atom. The predicted octanol–water partition coefficient (Wildman–Crippen LogP) is 14.3. The first kappa shape index (κ1) is 33.0. The Morgan fingerprint density at radius 1 is 0.333 bits per heavy atom. The highest BCUT2D eigenvalue weighted by Crippen LogP contribution is 2.56. The van der Waals surface area contributed by atoms with Crippen LogP contribution < -0.4 is 4.90 Å². The van der Waals surface area contributed by atoms with Crippen molar-refractivity contribution < 1.29 is 0 Å². The standard InChI is InChI=1S/C55H38N2/c1-3-17-39(18-4-1)45-21-9-14-28-52(45)56(43-35-37-44(38-36-43)57-53-29-15-10-24-48(53)49-25-11-16-30-54(49)57)42-33-31-41(32-34-42)55(40-19-5-2-6-20-40)50-26-12-7-22-46(50)47-23-8-13-27-51(47)55/h1-38H. The van der Waals surface area contributed by atoms with E-state index in [2.05, 4.69) is 240 Å². The Labute approximate surface area is 333 Å². The lowest BCUT2D eigenvalue weighted by Crippen LogP contribution is -2.28. The molecular weight excluding hydrogens is 689 g/mol. The van der Waals surface area contributed by atoms with E-state index in [-0.39, 0.29) is 0 Å². The van der Waals surface area contributed by atoms with Crippen molar-refractivity contribution in [2.75, 3.05) is 4.90 Å². The monoisotopic (exact) mass is 726 g/mol. The van der Waals surface area contributed by atoms with Gasteiger partial charge in [-0.25, -0.2) is 0 Å². The van der Waals surface area contributed by atoms with Crippen LogP contribution in [0.25, 0.3) is 49.7 Å². The summed E-state index contributed by atoms with van der Waals surface area (Å²) in [5.41, 5.74) is 16.5. The van der Waals surface area contributed by atoms with E-state index in [4.69, 9.17) is 0 Å². The quantitative estimate of drug-likeness (QED) is 0.159. The molecule has 0 N–H and O–H groups in total. The third kappa shape index (κ3) is 5.11. The van der Waals surface area contributed by atoms with Crippen LogP contribution in [0.1, 0.15) is 22.3 Å². The van der Waals surface area contributed by atoms with Crippen LogP contribution >= 0.6 is 0 Å². The van der Waals surface area contributed by atoms with Gasteiger partial charge in [0.2, 0.25) is 0 Å². The molecule has 57 heavy (non-hydrogen) atoms. The number of rotatable bonds is 7. The lowest BCUT2D eigenvalue weighted by atomic mass is 9.68. The third-order valence-electron chi connectivity index (χ3n) is 11.9. The van der Waals surface area contributed by atoms with Gasteiger partial charge in [-0.1, -0.05) is 176 Å². The van der Waals surface area contributed by atoms with Crippen LogP contribution in [-0.2, 0) is 5.41 Å². The highest BCUT2D eigenvalue weighted by Gasteiger charge is 2.45. The zero-order valence-electron chi connectivity index (χ0n) is 31.3. The van der Waals surface area contributed by atoms with Gasteiger partial charge in [-0.05, 0) is 93.5 Å². The number of aromatic nitrogens is 1. The molecule has 11 rings (SSSR count). The molecule has 0 spiro atoms. The molecule has 2 heteroatoms. The molecule has 0 unspecified atom stereocenters. The molecule has 0 radical (unpaired) electrons. The van der Waals surface area contributed by atoms with Gasteiger partial charge in [-0.15, -0.1) is 0 Å². The molecule has 1 aliphatic carbocycles. The van der Waals surface area contributed by atoms with Crippen LogP contribution in [0.3, 0.4) is 0 Å². The molecule has 0 saturated carbocycles. The molecule has 0 fully saturated rings. The van der Waals surface area contributed by atoms with Gasteiger partial charge in [0.05, 0.1) is 22.1 Å². The molecule has 0 saturated heterocycles. The van der Waals surface area contributed by atoms with Crippen molar-refractivity contribution in [1.82, 2.24) is 4.57 Å². The lowest BCUT2D eigenvalue weighted by Gasteiger charge is -2.34. The zero-order valence-corrected chi connectivity index (χ0v) is 31.3. The molecule has 0 amide bonds. The number of anilines is 3. The van der Waals surface area contributed by atoms with Crippen molar-refractivity contribution in [3.8, 4) is 27.9 Å². The molecule has 0 aliphatic heterocycles. The third-order valence-corrected chi connectivity index (χ3v) is 11.9. The fourth-order valence-electron chi connectivity index (χ4n) is 9.48. The second-order valence-electron chi connectivity index (χ2n) is 14.9. The topological polar surface area (TPSA) is 8.17 Å². The summed E-state index contributed by atoms with van der Waals surface area (Å²) >= 11 is 0. The van der Waals surface area contributed by atoms with E-state index < -0.39 is 5.41 Å². The van der Waals surface area contributed by atoms with Crippen molar-refractivity contribution in [2.24, 2.45) is 0 Å². The number of hydrogen-bond acceptors (Lipinski definition) is 1. The van der Waals surface area contributed by atoms with Gasteiger partial charge in [0.1, 0.15) is 0 Å². The van der Waals surface area contributed by atoms with E-state index in [1.54, 1.807) is 0 Å². The number of nitrogens with zero attached hydrogens (tertiary/aromatic N) is 2. The fraction of sp³-hybridized carbons (Fsp3) is 0.0182. The molecular formula is C55H38N2. The second-order valence-corrected chi connectivity index (χ2v) is 14.9. The summed E-state index contributed by atoms with van der Waals surface area (Å²) in [4.78, 5) is 2.41. The first-order chi connectivity index (χ1) is 28.3.